The molecule has 0 aliphatic heterocycles. The van der Waals surface area contributed by atoms with Crippen molar-refractivity contribution in [2.75, 3.05) is 25.4 Å². The fraction of sp³-hybridized carbons (Fsp3) is 0.211. The predicted octanol–water partition coefficient (Wildman–Crippen LogP) is 2.80. The number of hydrogen-bond donors (Lipinski definition) is 2. The van der Waals surface area contributed by atoms with E-state index in [1.807, 2.05) is 24.3 Å². The molecule has 1 amide bonds. The van der Waals surface area contributed by atoms with Gasteiger partial charge in [-0.05, 0) is 55.5 Å². The van der Waals surface area contributed by atoms with E-state index in [-0.39, 0.29) is 5.91 Å². The van der Waals surface area contributed by atoms with Crippen LogP contribution in [-0.4, -0.2) is 40.3 Å². The summed E-state index contributed by atoms with van der Waals surface area (Å²) in [5.74, 6) is 7.94. The van der Waals surface area contributed by atoms with Crippen LogP contribution < -0.4 is 20.6 Å². The number of ether oxygens (including phenoxy) is 2. The molecule has 0 saturated carbocycles. The molecule has 0 fully saturated rings. The number of nitrogens with one attached hydrogen (secondary N) is 1. The highest BCUT2D eigenvalue weighted by molar-refractivity contribution is 8.00. The van der Waals surface area contributed by atoms with Crippen molar-refractivity contribution < 1.29 is 14.3 Å². The number of aromatic nitrogens is 3. The Hall–Kier alpha value is -3.20. The lowest BCUT2D eigenvalue weighted by Crippen LogP contribution is -2.23. The molecular formula is C19H21N5O3S. The van der Waals surface area contributed by atoms with Gasteiger partial charge in [-0.15, -0.1) is 10.2 Å². The second kappa shape index (κ2) is 8.66. The zero-order valence-electron chi connectivity index (χ0n) is 15.7. The molecule has 3 rings (SSSR count). The molecule has 0 aliphatic rings. The van der Waals surface area contributed by atoms with Crippen molar-refractivity contribution in [1.29, 1.82) is 0 Å². The van der Waals surface area contributed by atoms with Crippen LogP contribution in [0.5, 0.6) is 11.5 Å². The fourth-order valence-corrected chi connectivity index (χ4v) is 3.19. The van der Waals surface area contributed by atoms with Gasteiger partial charge in [0.1, 0.15) is 11.5 Å². The summed E-state index contributed by atoms with van der Waals surface area (Å²) in [6, 6.07) is 14.5. The summed E-state index contributed by atoms with van der Waals surface area (Å²) in [4.78, 5) is 12.5. The lowest BCUT2D eigenvalue weighted by atomic mass is 10.2. The van der Waals surface area contributed by atoms with Crippen LogP contribution in [0, 0.1) is 0 Å². The third-order valence-corrected chi connectivity index (χ3v) is 5.08. The average molecular weight is 399 g/mol. The Balaban J connectivity index is 1.67. The van der Waals surface area contributed by atoms with Crippen LogP contribution in [0.15, 0.2) is 53.7 Å². The molecule has 0 bridgehead atoms. The number of benzene rings is 2. The van der Waals surface area contributed by atoms with E-state index in [0.717, 1.165) is 17.1 Å². The van der Waals surface area contributed by atoms with Crippen molar-refractivity contribution in [3.8, 4) is 22.9 Å². The predicted molar refractivity (Wildman–Crippen MR) is 109 cm³/mol. The molecule has 8 nitrogen and oxygen atoms in total. The lowest BCUT2D eigenvalue weighted by molar-refractivity contribution is -0.115. The molecule has 0 spiro atoms. The minimum Gasteiger partial charge on any atom is -0.497 e. The van der Waals surface area contributed by atoms with Crippen molar-refractivity contribution >= 4 is 23.4 Å². The molecular weight excluding hydrogens is 378 g/mol. The largest absolute Gasteiger partial charge is 0.497 e. The Labute approximate surface area is 167 Å². The maximum Gasteiger partial charge on any atom is 0.237 e. The zero-order valence-corrected chi connectivity index (χ0v) is 16.6. The first-order valence-corrected chi connectivity index (χ1v) is 9.36. The van der Waals surface area contributed by atoms with Crippen LogP contribution in [-0.2, 0) is 4.79 Å². The Morgan fingerprint density at radius 3 is 2.18 bits per heavy atom. The maximum atomic E-state index is 12.5. The van der Waals surface area contributed by atoms with Gasteiger partial charge in [-0.3, -0.25) is 4.79 Å². The number of hydrogen-bond acceptors (Lipinski definition) is 7. The first-order chi connectivity index (χ1) is 13.5. The van der Waals surface area contributed by atoms with Gasteiger partial charge in [0.05, 0.1) is 19.5 Å². The van der Waals surface area contributed by atoms with Gasteiger partial charge in [-0.2, -0.15) is 0 Å². The van der Waals surface area contributed by atoms with Gasteiger partial charge in [0.25, 0.3) is 0 Å². The summed E-state index contributed by atoms with van der Waals surface area (Å²) in [7, 11) is 3.20. The standard InChI is InChI=1S/C19H21N5O3S/c1-12(18(25)21-14-6-10-16(27-3)11-7-14)28-19-23-22-17(24(19)20)13-4-8-15(26-2)9-5-13/h4-12H,20H2,1-3H3,(H,21,25)/t12-/m0/s1. The van der Waals surface area contributed by atoms with E-state index >= 15 is 0 Å². The van der Waals surface area contributed by atoms with Crippen molar-refractivity contribution in [3.63, 3.8) is 0 Å². The van der Waals surface area contributed by atoms with Crippen LogP contribution in [0.2, 0.25) is 0 Å². The Kier molecular flexibility index (Phi) is 6.05. The zero-order chi connectivity index (χ0) is 20.1. The quantitative estimate of drug-likeness (QED) is 0.465. The van der Waals surface area contributed by atoms with Gasteiger partial charge in [-0.25, -0.2) is 4.68 Å². The molecule has 1 atom stereocenters. The lowest BCUT2D eigenvalue weighted by Gasteiger charge is -2.12. The van der Waals surface area contributed by atoms with Gasteiger partial charge >= 0.3 is 0 Å². The summed E-state index contributed by atoms with van der Waals surface area (Å²) in [5, 5.41) is 11.1. The van der Waals surface area contributed by atoms with Crippen molar-refractivity contribution in [3.05, 3.63) is 48.5 Å². The van der Waals surface area contributed by atoms with Crippen LogP contribution in [0.25, 0.3) is 11.4 Å². The van der Waals surface area contributed by atoms with E-state index in [1.54, 1.807) is 45.4 Å². The molecule has 3 aromatic rings. The SMILES string of the molecule is COc1ccc(NC(=O)[C@H](C)Sc2nnc(-c3ccc(OC)cc3)n2N)cc1. The molecule has 146 valence electrons. The van der Waals surface area contributed by atoms with E-state index < -0.39 is 5.25 Å². The molecule has 0 unspecified atom stereocenters. The summed E-state index contributed by atoms with van der Waals surface area (Å²) >= 11 is 1.23. The molecule has 1 heterocycles. The smallest absolute Gasteiger partial charge is 0.237 e. The third kappa shape index (κ3) is 4.37. The fourth-order valence-electron chi connectivity index (χ4n) is 2.42. The van der Waals surface area contributed by atoms with Gasteiger partial charge in [0.15, 0.2) is 5.82 Å². The van der Waals surface area contributed by atoms with Crippen LogP contribution >= 0.6 is 11.8 Å². The molecule has 3 N–H and O–H groups in total. The van der Waals surface area contributed by atoms with Crippen molar-refractivity contribution in [2.24, 2.45) is 0 Å². The minimum atomic E-state index is -0.419. The summed E-state index contributed by atoms with van der Waals surface area (Å²) in [6.07, 6.45) is 0. The molecule has 28 heavy (non-hydrogen) atoms. The number of carbonyl (C=O) groups is 1. The van der Waals surface area contributed by atoms with Crippen LogP contribution in [0.4, 0.5) is 5.69 Å². The number of nitrogens with zero attached hydrogens (tertiary/aromatic N) is 3. The second-order valence-corrected chi connectivity index (χ2v) is 7.19. The highest BCUT2D eigenvalue weighted by Crippen LogP contribution is 2.26. The summed E-state index contributed by atoms with van der Waals surface area (Å²) < 4.78 is 11.6. The normalized spacial score (nSPS) is 11.7. The highest BCUT2D eigenvalue weighted by Gasteiger charge is 2.20. The van der Waals surface area contributed by atoms with E-state index in [2.05, 4.69) is 15.5 Å². The minimum absolute atomic E-state index is 0.163. The highest BCUT2D eigenvalue weighted by atomic mass is 32.2. The number of rotatable bonds is 7. The van der Waals surface area contributed by atoms with Crippen molar-refractivity contribution in [1.82, 2.24) is 14.9 Å². The van der Waals surface area contributed by atoms with E-state index in [4.69, 9.17) is 15.3 Å². The Bertz CT molecular complexity index is 941. The number of anilines is 1. The molecule has 1 aromatic heterocycles. The van der Waals surface area contributed by atoms with E-state index in [1.165, 1.54) is 16.4 Å². The number of nitrogens with two attached hydrogens (primary N) is 1. The maximum absolute atomic E-state index is 12.5. The van der Waals surface area contributed by atoms with E-state index in [0.29, 0.717) is 16.7 Å². The second-order valence-electron chi connectivity index (χ2n) is 5.88. The molecule has 0 aliphatic carbocycles. The van der Waals surface area contributed by atoms with Crippen LogP contribution in [0.1, 0.15) is 6.92 Å². The number of methoxy groups -OCH3 is 2. The number of carbonyl (C=O) groups excluding carboxylic acids is 1. The summed E-state index contributed by atoms with van der Waals surface area (Å²) in [5.41, 5.74) is 1.49. The number of thioether (sulfide) groups is 1. The monoisotopic (exact) mass is 399 g/mol. The van der Waals surface area contributed by atoms with Gasteiger partial charge < -0.3 is 20.6 Å². The number of amides is 1. The third-order valence-electron chi connectivity index (χ3n) is 4.02. The molecule has 9 heteroatoms. The van der Waals surface area contributed by atoms with Crippen molar-refractivity contribution in [2.45, 2.75) is 17.3 Å². The number of nitrogen functional groups attached to an aromatic ring is 1. The van der Waals surface area contributed by atoms with Gasteiger partial charge in [-0.1, -0.05) is 11.8 Å². The van der Waals surface area contributed by atoms with Gasteiger partial charge in [0, 0.05) is 11.3 Å². The Morgan fingerprint density at radius 2 is 1.61 bits per heavy atom. The van der Waals surface area contributed by atoms with Crippen LogP contribution in [0.3, 0.4) is 0 Å². The molecule has 2 aromatic carbocycles. The molecule has 0 saturated heterocycles. The average Bonchev–Trinajstić information content (AvgIpc) is 3.08. The Morgan fingerprint density at radius 1 is 1.04 bits per heavy atom. The topological polar surface area (TPSA) is 104 Å². The summed E-state index contributed by atoms with van der Waals surface area (Å²) in [6.45, 7) is 1.78. The first kappa shape index (κ1) is 19.6. The molecule has 0 radical (unpaired) electrons. The first-order valence-electron chi connectivity index (χ1n) is 8.48. The van der Waals surface area contributed by atoms with E-state index in [9.17, 15) is 4.79 Å². The van der Waals surface area contributed by atoms with Gasteiger partial charge in [0.2, 0.25) is 11.1 Å².